The number of carbonyl (C=O) groups is 1. The highest BCUT2D eigenvalue weighted by atomic mass is 32.1. The number of aromatic nitrogens is 1. The summed E-state index contributed by atoms with van der Waals surface area (Å²) in [6, 6.07) is 9.74. The van der Waals surface area contributed by atoms with Gasteiger partial charge in [0.25, 0.3) is 11.6 Å². The number of anilines is 1. The van der Waals surface area contributed by atoms with E-state index in [1.165, 1.54) is 29.5 Å². The third-order valence-electron chi connectivity index (χ3n) is 5.43. The van der Waals surface area contributed by atoms with Crippen molar-refractivity contribution in [2.24, 2.45) is 0 Å². The van der Waals surface area contributed by atoms with Crippen molar-refractivity contribution >= 4 is 44.4 Å². The number of nitrogens with zero attached hydrogens (tertiary/aromatic N) is 4. The second kappa shape index (κ2) is 11.6. The Balaban J connectivity index is 1.97. The number of carbonyl (C=O) groups excluding carboxylic acids is 1. The van der Waals surface area contributed by atoms with Gasteiger partial charge >= 0.3 is 0 Å². The first-order valence-electron chi connectivity index (χ1n) is 10.9. The number of hydrogen-bond donors (Lipinski definition) is 0. The van der Waals surface area contributed by atoms with Gasteiger partial charge in [-0.1, -0.05) is 37.3 Å². The maximum Gasteiger partial charge on any atom is 0.270 e. The van der Waals surface area contributed by atoms with E-state index in [1.807, 2.05) is 6.07 Å². The van der Waals surface area contributed by atoms with Crippen LogP contribution >= 0.6 is 11.3 Å². The molecule has 3 aromatic rings. The molecule has 0 radical (unpaired) electrons. The van der Waals surface area contributed by atoms with Crippen molar-refractivity contribution in [3.63, 3.8) is 0 Å². The van der Waals surface area contributed by atoms with Crippen molar-refractivity contribution < 1.29 is 19.2 Å². The summed E-state index contributed by atoms with van der Waals surface area (Å²) >= 11 is 1.36. The van der Waals surface area contributed by atoms with E-state index in [2.05, 4.69) is 18.7 Å². The van der Waals surface area contributed by atoms with E-state index in [9.17, 15) is 14.9 Å². The Labute approximate surface area is 202 Å². The number of amides is 1. The normalized spacial score (nSPS) is 11.3. The summed E-state index contributed by atoms with van der Waals surface area (Å²) in [5.41, 5.74) is 1.17. The molecule has 0 atom stereocenters. The standard InChI is InChI=1S/C24H28N4O5S/c1-5-26(6-2)14-15-27(21(29)13-10-17-8-7-9-18(16-17)28(30)31)24-25-22-19(32-3)11-12-20(33-4)23(22)34-24/h7-13,16H,5-6,14-15H2,1-4H3/b13-10+. The fourth-order valence-electron chi connectivity index (χ4n) is 3.47. The van der Waals surface area contributed by atoms with Crippen LogP contribution in [0.1, 0.15) is 19.4 Å². The lowest BCUT2D eigenvalue weighted by molar-refractivity contribution is -0.384. The third kappa shape index (κ3) is 5.70. The van der Waals surface area contributed by atoms with Crippen LogP contribution in [-0.4, -0.2) is 61.1 Å². The van der Waals surface area contributed by atoms with Gasteiger partial charge in [-0.25, -0.2) is 4.98 Å². The number of likely N-dealkylation sites (N-methyl/N-ethyl adjacent to an activating group) is 1. The number of methoxy groups -OCH3 is 2. The number of fused-ring (bicyclic) bond motifs is 1. The number of thiazole rings is 1. The summed E-state index contributed by atoms with van der Waals surface area (Å²) in [6.45, 7) is 6.99. The Morgan fingerprint density at radius 3 is 2.47 bits per heavy atom. The van der Waals surface area contributed by atoms with E-state index in [1.54, 1.807) is 43.4 Å². The van der Waals surface area contributed by atoms with E-state index in [0.717, 1.165) is 17.8 Å². The van der Waals surface area contributed by atoms with Crippen LogP contribution in [-0.2, 0) is 4.79 Å². The van der Waals surface area contributed by atoms with Crippen molar-refractivity contribution in [1.29, 1.82) is 0 Å². The molecule has 9 nitrogen and oxygen atoms in total. The molecule has 0 N–H and O–H groups in total. The van der Waals surface area contributed by atoms with Crippen LogP contribution < -0.4 is 14.4 Å². The number of benzene rings is 2. The average Bonchev–Trinajstić information content (AvgIpc) is 3.30. The maximum absolute atomic E-state index is 13.3. The van der Waals surface area contributed by atoms with Crippen LogP contribution in [0.2, 0.25) is 0 Å². The molecule has 0 bridgehead atoms. The zero-order chi connectivity index (χ0) is 24.7. The molecule has 0 spiro atoms. The van der Waals surface area contributed by atoms with E-state index in [-0.39, 0.29) is 11.6 Å². The molecule has 2 aromatic carbocycles. The zero-order valence-corrected chi connectivity index (χ0v) is 20.5. The molecule has 0 saturated carbocycles. The lowest BCUT2D eigenvalue weighted by atomic mass is 10.2. The quantitative estimate of drug-likeness (QED) is 0.223. The highest BCUT2D eigenvalue weighted by Crippen LogP contribution is 2.40. The first-order chi connectivity index (χ1) is 16.4. The molecule has 180 valence electrons. The van der Waals surface area contributed by atoms with E-state index in [4.69, 9.17) is 14.5 Å². The van der Waals surface area contributed by atoms with Crippen LogP contribution in [0.5, 0.6) is 11.5 Å². The van der Waals surface area contributed by atoms with Crippen LogP contribution in [0, 0.1) is 10.1 Å². The second-order valence-corrected chi connectivity index (χ2v) is 8.32. The van der Waals surface area contributed by atoms with Crippen molar-refractivity contribution in [2.75, 3.05) is 45.3 Å². The molecular formula is C24H28N4O5S. The monoisotopic (exact) mass is 484 g/mol. The van der Waals surface area contributed by atoms with Gasteiger partial charge in [-0.3, -0.25) is 19.8 Å². The molecule has 0 saturated heterocycles. The van der Waals surface area contributed by atoms with Gasteiger partial charge in [0.2, 0.25) is 0 Å². The van der Waals surface area contributed by atoms with Crippen LogP contribution in [0.4, 0.5) is 10.8 Å². The molecular weight excluding hydrogens is 456 g/mol. The van der Waals surface area contributed by atoms with Gasteiger partial charge in [0.15, 0.2) is 5.13 Å². The van der Waals surface area contributed by atoms with Crippen LogP contribution in [0.25, 0.3) is 16.3 Å². The molecule has 0 aliphatic heterocycles. The Kier molecular flexibility index (Phi) is 8.55. The largest absolute Gasteiger partial charge is 0.495 e. The van der Waals surface area contributed by atoms with E-state index < -0.39 is 4.92 Å². The smallest absolute Gasteiger partial charge is 0.270 e. The van der Waals surface area contributed by atoms with Crippen molar-refractivity contribution in [2.45, 2.75) is 13.8 Å². The van der Waals surface area contributed by atoms with Crippen LogP contribution in [0.3, 0.4) is 0 Å². The number of ether oxygens (including phenoxy) is 2. The number of non-ortho nitro benzene ring substituents is 1. The second-order valence-electron chi connectivity index (χ2n) is 7.35. The number of nitro groups is 1. The Hall–Kier alpha value is -3.50. The minimum Gasteiger partial charge on any atom is -0.495 e. The fourth-order valence-corrected chi connectivity index (χ4v) is 4.58. The van der Waals surface area contributed by atoms with Gasteiger partial charge in [-0.15, -0.1) is 0 Å². The summed E-state index contributed by atoms with van der Waals surface area (Å²) in [6.07, 6.45) is 3.00. The molecule has 1 aromatic heterocycles. The lowest BCUT2D eigenvalue weighted by Gasteiger charge is -2.23. The van der Waals surface area contributed by atoms with E-state index in [0.29, 0.717) is 40.8 Å². The first kappa shape index (κ1) is 25.1. The van der Waals surface area contributed by atoms with Gasteiger partial charge < -0.3 is 14.4 Å². The zero-order valence-electron chi connectivity index (χ0n) is 19.7. The third-order valence-corrected chi connectivity index (χ3v) is 6.52. The Bertz CT molecular complexity index is 1150. The molecule has 34 heavy (non-hydrogen) atoms. The molecule has 10 heteroatoms. The average molecular weight is 485 g/mol. The summed E-state index contributed by atoms with van der Waals surface area (Å²) in [5.74, 6) is 0.986. The molecule has 0 aliphatic rings. The van der Waals surface area contributed by atoms with E-state index >= 15 is 0 Å². The van der Waals surface area contributed by atoms with Gasteiger partial charge in [0.05, 0.1) is 19.1 Å². The minimum atomic E-state index is -0.461. The fraction of sp³-hybridized carbons (Fsp3) is 0.333. The highest BCUT2D eigenvalue weighted by molar-refractivity contribution is 7.22. The Morgan fingerprint density at radius 1 is 1.12 bits per heavy atom. The Morgan fingerprint density at radius 2 is 1.82 bits per heavy atom. The molecule has 1 amide bonds. The molecule has 0 fully saturated rings. The number of hydrogen-bond acceptors (Lipinski definition) is 8. The SMILES string of the molecule is CCN(CC)CCN(C(=O)/C=C/c1cccc([N+](=O)[O-])c1)c1nc2c(OC)ccc(OC)c2s1. The van der Waals surface area contributed by atoms with Gasteiger partial charge in [0, 0.05) is 31.3 Å². The number of rotatable bonds is 11. The lowest BCUT2D eigenvalue weighted by Crippen LogP contribution is -2.38. The topological polar surface area (TPSA) is 98.0 Å². The van der Waals surface area contributed by atoms with Crippen molar-refractivity contribution in [1.82, 2.24) is 9.88 Å². The van der Waals surface area contributed by atoms with Gasteiger partial charge in [-0.05, 0) is 36.9 Å². The van der Waals surface area contributed by atoms with Gasteiger partial charge in [-0.2, -0.15) is 0 Å². The maximum atomic E-state index is 13.3. The van der Waals surface area contributed by atoms with Crippen LogP contribution in [0.15, 0.2) is 42.5 Å². The molecule has 0 unspecified atom stereocenters. The number of nitro benzene ring substituents is 1. The predicted molar refractivity (Wildman–Crippen MR) is 135 cm³/mol. The van der Waals surface area contributed by atoms with Crippen molar-refractivity contribution in [3.05, 3.63) is 58.2 Å². The molecule has 1 heterocycles. The minimum absolute atomic E-state index is 0.0293. The molecule has 0 aliphatic carbocycles. The first-order valence-corrected chi connectivity index (χ1v) is 11.7. The molecule has 3 rings (SSSR count). The highest BCUT2D eigenvalue weighted by Gasteiger charge is 2.22. The summed E-state index contributed by atoms with van der Waals surface area (Å²) in [5, 5.41) is 11.6. The van der Waals surface area contributed by atoms with Crippen molar-refractivity contribution in [3.8, 4) is 11.5 Å². The summed E-state index contributed by atoms with van der Waals surface area (Å²) in [4.78, 5) is 32.4. The predicted octanol–water partition coefficient (Wildman–Crippen LogP) is 4.61. The summed E-state index contributed by atoms with van der Waals surface area (Å²) in [7, 11) is 3.16. The summed E-state index contributed by atoms with van der Waals surface area (Å²) < 4.78 is 11.7. The van der Waals surface area contributed by atoms with Gasteiger partial charge in [0.1, 0.15) is 21.7 Å².